The van der Waals surface area contributed by atoms with E-state index in [1.54, 1.807) is 0 Å². The minimum atomic E-state index is 0.0724. The smallest absolute Gasteiger partial charge is 0.254 e. The van der Waals surface area contributed by atoms with Crippen LogP contribution < -0.4 is 0 Å². The number of fused-ring (bicyclic) bond motifs is 4. The lowest BCUT2D eigenvalue weighted by Gasteiger charge is -2.46. The van der Waals surface area contributed by atoms with Gasteiger partial charge in [-0.2, -0.15) is 5.10 Å². The highest BCUT2D eigenvalue weighted by atomic mass is 35.5. The fourth-order valence-corrected chi connectivity index (χ4v) is 3.85. The second kappa shape index (κ2) is 5.36. The molecule has 1 saturated heterocycles. The molecule has 2 unspecified atom stereocenters. The highest BCUT2D eigenvalue weighted by molar-refractivity contribution is 6.29. The molecule has 2 aromatic rings. The van der Waals surface area contributed by atoms with Crippen LogP contribution in [0.25, 0.3) is 0 Å². The minimum absolute atomic E-state index is 0.0724. The van der Waals surface area contributed by atoms with Crippen LogP contribution in [0.15, 0.2) is 36.4 Å². The Morgan fingerprint density at radius 3 is 2.82 bits per heavy atom. The first-order valence-electron chi connectivity index (χ1n) is 7.64. The molecule has 2 aliphatic heterocycles. The number of hydrogen-bond acceptors (Lipinski definition) is 3. The molecule has 0 spiro atoms. The van der Waals surface area contributed by atoms with E-state index in [0.29, 0.717) is 5.15 Å². The number of benzene rings is 1. The topological polar surface area (TPSA) is 46.1 Å². The summed E-state index contributed by atoms with van der Waals surface area (Å²) in [5.41, 5.74) is 2.81. The number of hydrogen-bond donors (Lipinski definition) is 0. The van der Waals surface area contributed by atoms with E-state index in [1.807, 2.05) is 41.3 Å². The van der Waals surface area contributed by atoms with Crippen molar-refractivity contribution in [3.05, 3.63) is 58.4 Å². The van der Waals surface area contributed by atoms with Crippen LogP contribution in [-0.2, 0) is 6.42 Å². The number of amides is 1. The summed E-state index contributed by atoms with van der Waals surface area (Å²) in [6.07, 6.45) is 3.89. The van der Waals surface area contributed by atoms with Gasteiger partial charge in [-0.1, -0.05) is 29.8 Å². The van der Waals surface area contributed by atoms with E-state index in [-0.39, 0.29) is 18.0 Å². The Balaban J connectivity index is 1.76. The molecular formula is C17H16ClN3O. The molecule has 1 amide bonds. The van der Waals surface area contributed by atoms with Crippen molar-refractivity contribution in [1.82, 2.24) is 15.1 Å². The van der Waals surface area contributed by atoms with Gasteiger partial charge in [0.2, 0.25) is 0 Å². The van der Waals surface area contributed by atoms with E-state index in [2.05, 4.69) is 10.2 Å². The molecular weight excluding hydrogens is 298 g/mol. The fourth-order valence-electron chi connectivity index (χ4n) is 3.70. The minimum Gasteiger partial charge on any atom is -0.328 e. The lowest BCUT2D eigenvalue weighted by atomic mass is 9.82. The van der Waals surface area contributed by atoms with Crippen LogP contribution in [-0.4, -0.2) is 27.0 Å². The van der Waals surface area contributed by atoms with E-state index in [9.17, 15) is 4.79 Å². The Morgan fingerprint density at radius 1 is 1.18 bits per heavy atom. The van der Waals surface area contributed by atoms with Crippen molar-refractivity contribution in [2.75, 3.05) is 0 Å². The van der Waals surface area contributed by atoms with Crippen LogP contribution >= 0.6 is 11.6 Å². The van der Waals surface area contributed by atoms with Gasteiger partial charge in [-0.25, -0.2) is 0 Å². The lowest BCUT2D eigenvalue weighted by molar-refractivity contribution is 0.0394. The highest BCUT2D eigenvalue weighted by Gasteiger charge is 2.41. The summed E-state index contributed by atoms with van der Waals surface area (Å²) in [5, 5.41) is 8.61. The Morgan fingerprint density at radius 2 is 2.00 bits per heavy atom. The monoisotopic (exact) mass is 313 g/mol. The molecule has 1 aromatic heterocycles. The van der Waals surface area contributed by atoms with Gasteiger partial charge in [-0.05, 0) is 37.5 Å². The molecule has 1 aromatic carbocycles. The summed E-state index contributed by atoms with van der Waals surface area (Å²) in [5.74, 6) is 0.105. The Bertz CT molecular complexity index is 719. The maximum Gasteiger partial charge on any atom is 0.254 e. The third-order valence-electron chi connectivity index (χ3n) is 4.66. The SMILES string of the molecule is O=C(c1ccccc1)N1C2CCCC1c1cc(Cl)nnc1C2. The first-order valence-corrected chi connectivity index (χ1v) is 8.01. The van der Waals surface area contributed by atoms with Gasteiger partial charge in [0.25, 0.3) is 5.91 Å². The molecule has 0 saturated carbocycles. The third-order valence-corrected chi connectivity index (χ3v) is 4.85. The summed E-state index contributed by atoms with van der Waals surface area (Å²) in [6, 6.07) is 11.7. The summed E-state index contributed by atoms with van der Waals surface area (Å²) in [4.78, 5) is 15.0. The van der Waals surface area contributed by atoms with Crippen LogP contribution in [0.2, 0.25) is 5.15 Å². The number of nitrogens with zero attached hydrogens (tertiary/aromatic N) is 3. The van der Waals surface area contributed by atoms with E-state index >= 15 is 0 Å². The molecule has 5 heteroatoms. The van der Waals surface area contributed by atoms with E-state index in [4.69, 9.17) is 11.6 Å². The normalized spacial score (nSPS) is 23.0. The second-order valence-corrected chi connectivity index (χ2v) is 6.34. The predicted molar refractivity (Wildman–Crippen MR) is 83.7 cm³/mol. The van der Waals surface area contributed by atoms with Crippen LogP contribution in [0.4, 0.5) is 0 Å². The zero-order valence-electron chi connectivity index (χ0n) is 12.1. The van der Waals surface area contributed by atoms with Crippen LogP contribution in [0.5, 0.6) is 0 Å². The van der Waals surface area contributed by atoms with Gasteiger partial charge in [0.1, 0.15) is 0 Å². The number of halogens is 1. The van der Waals surface area contributed by atoms with Gasteiger partial charge in [-0.3, -0.25) is 4.79 Å². The van der Waals surface area contributed by atoms with Crippen LogP contribution in [0, 0.1) is 0 Å². The molecule has 2 bridgehead atoms. The van der Waals surface area contributed by atoms with Crippen molar-refractivity contribution in [1.29, 1.82) is 0 Å². The summed E-state index contributed by atoms with van der Waals surface area (Å²) in [7, 11) is 0. The molecule has 3 heterocycles. The van der Waals surface area contributed by atoms with Crippen molar-refractivity contribution in [3.63, 3.8) is 0 Å². The van der Waals surface area contributed by atoms with Crippen molar-refractivity contribution in [3.8, 4) is 0 Å². The molecule has 2 atom stereocenters. The van der Waals surface area contributed by atoms with Crippen molar-refractivity contribution in [2.45, 2.75) is 37.8 Å². The summed E-state index contributed by atoms with van der Waals surface area (Å²) in [6.45, 7) is 0. The standard InChI is InChI=1S/C17H16ClN3O/c18-16-10-13-14(19-20-16)9-12-7-4-8-15(13)21(12)17(22)11-5-2-1-3-6-11/h1-3,5-6,10,12,15H,4,7-9H2. The molecule has 4 nitrogen and oxygen atoms in total. The molecule has 0 aliphatic carbocycles. The lowest BCUT2D eigenvalue weighted by Crippen LogP contribution is -2.50. The average Bonchev–Trinajstić information content (AvgIpc) is 2.55. The first-order chi connectivity index (χ1) is 10.7. The van der Waals surface area contributed by atoms with Gasteiger partial charge in [0.15, 0.2) is 5.15 Å². The van der Waals surface area contributed by atoms with E-state index in [1.165, 1.54) is 0 Å². The first kappa shape index (κ1) is 13.7. The van der Waals surface area contributed by atoms with Gasteiger partial charge in [0, 0.05) is 23.6 Å². The highest BCUT2D eigenvalue weighted by Crippen LogP contribution is 2.42. The Kier molecular flexibility index (Phi) is 3.34. The zero-order chi connectivity index (χ0) is 15.1. The molecule has 2 aliphatic rings. The largest absolute Gasteiger partial charge is 0.328 e. The van der Waals surface area contributed by atoms with Crippen molar-refractivity contribution >= 4 is 17.5 Å². The predicted octanol–water partition coefficient (Wildman–Crippen LogP) is 3.42. The van der Waals surface area contributed by atoms with Gasteiger partial charge < -0.3 is 4.90 Å². The van der Waals surface area contributed by atoms with Crippen molar-refractivity contribution < 1.29 is 4.79 Å². The number of rotatable bonds is 1. The third kappa shape index (κ3) is 2.18. The number of carbonyl (C=O) groups excluding carboxylic acids is 1. The van der Waals surface area contributed by atoms with Crippen LogP contribution in [0.1, 0.15) is 46.9 Å². The van der Waals surface area contributed by atoms with Crippen molar-refractivity contribution in [2.24, 2.45) is 0 Å². The van der Waals surface area contributed by atoms with E-state index < -0.39 is 0 Å². The van der Waals surface area contributed by atoms with Crippen LogP contribution in [0.3, 0.4) is 0 Å². The quantitative estimate of drug-likeness (QED) is 0.810. The fraction of sp³-hybridized carbons (Fsp3) is 0.353. The summed E-state index contributed by atoms with van der Waals surface area (Å²) < 4.78 is 0. The zero-order valence-corrected chi connectivity index (χ0v) is 12.8. The molecule has 1 fully saturated rings. The number of piperidine rings is 1. The number of aromatic nitrogens is 2. The maximum atomic E-state index is 13.0. The Labute approximate surface area is 134 Å². The summed E-state index contributed by atoms with van der Waals surface area (Å²) >= 11 is 6.02. The maximum absolute atomic E-state index is 13.0. The Hall–Kier alpha value is -1.94. The van der Waals surface area contributed by atoms with Gasteiger partial charge >= 0.3 is 0 Å². The molecule has 112 valence electrons. The molecule has 22 heavy (non-hydrogen) atoms. The van der Waals surface area contributed by atoms with Gasteiger partial charge in [-0.15, -0.1) is 5.10 Å². The molecule has 0 radical (unpaired) electrons. The van der Waals surface area contributed by atoms with E-state index in [0.717, 1.165) is 42.5 Å². The molecule has 4 rings (SSSR count). The second-order valence-electron chi connectivity index (χ2n) is 5.95. The van der Waals surface area contributed by atoms with Gasteiger partial charge in [0.05, 0.1) is 11.7 Å². The average molecular weight is 314 g/mol. The number of carbonyl (C=O) groups is 1. The molecule has 0 N–H and O–H groups in total.